The van der Waals surface area contributed by atoms with Crippen LogP contribution in [0.15, 0.2) is 48.5 Å². The molecule has 0 saturated carbocycles. The van der Waals surface area contributed by atoms with Crippen LogP contribution in [0.4, 0.5) is 5.13 Å². The normalized spacial score (nSPS) is 10.4. The summed E-state index contributed by atoms with van der Waals surface area (Å²) in [5, 5.41) is 12.1. The van der Waals surface area contributed by atoms with Crippen molar-refractivity contribution in [1.29, 1.82) is 0 Å². The Morgan fingerprint density at radius 3 is 2.83 bits per heavy atom. The number of rotatable bonds is 5. The van der Waals surface area contributed by atoms with Crippen LogP contribution < -0.4 is 10.1 Å². The Kier molecular flexibility index (Phi) is 5.08. The zero-order valence-corrected chi connectivity index (χ0v) is 14.4. The summed E-state index contributed by atoms with van der Waals surface area (Å²) in [6.45, 7) is 2.29. The molecule has 0 aliphatic carbocycles. The molecular formula is C17H14ClN3O2S. The zero-order chi connectivity index (χ0) is 16.9. The number of carbonyl (C=O) groups is 1. The zero-order valence-electron chi connectivity index (χ0n) is 12.8. The number of halogens is 1. The molecule has 7 heteroatoms. The van der Waals surface area contributed by atoms with Crippen molar-refractivity contribution in [2.75, 3.05) is 5.32 Å². The largest absolute Gasteiger partial charge is 0.486 e. The fourth-order valence-corrected chi connectivity index (χ4v) is 2.89. The first-order chi connectivity index (χ1) is 11.6. The molecule has 0 saturated heterocycles. The Morgan fingerprint density at radius 1 is 1.21 bits per heavy atom. The van der Waals surface area contributed by atoms with Crippen molar-refractivity contribution in [2.24, 2.45) is 0 Å². The van der Waals surface area contributed by atoms with Crippen molar-refractivity contribution in [3.05, 3.63) is 69.7 Å². The SMILES string of the molecule is Cc1cccc(OCc2nnc(NC(=O)c3ccccc3Cl)s2)c1. The first kappa shape index (κ1) is 16.4. The molecule has 0 spiro atoms. The summed E-state index contributed by atoms with van der Waals surface area (Å²) in [6.07, 6.45) is 0. The summed E-state index contributed by atoms with van der Waals surface area (Å²) in [4.78, 5) is 12.2. The molecule has 0 unspecified atom stereocenters. The quantitative estimate of drug-likeness (QED) is 0.736. The van der Waals surface area contributed by atoms with Gasteiger partial charge in [0.05, 0.1) is 10.6 Å². The van der Waals surface area contributed by atoms with E-state index in [1.807, 2.05) is 31.2 Å². The Bertz CT molecular complexity index is 866. The van der Waals surface area contributed by atoms with Gasteiger partial charge in [0.1, 0.15) is 12.4 Å². The van der Waals surface area contributed by atoms with Crippen LogP contribution in [0.2, 0.25) is 5.02 Å². The van der Waals surface area contributed by atoms with E-state index in [1.54, 1.807) is 24.3 Å². The number of amides is 1. The average molecular weight is 360 g/mol. The molecule has 2 aromatic carbocycles. The van der Waals surface area contributed by atoms with E-state index in [2.05, 4.69) is 15.5 Å². The first-order valence-corrected chi connectivity index (χ1v) is 8.39. The molecule has 3 aromatic rings. The number of anilines is 1. The minimum atomic E-state index is -0.317. The van der Waals surface area contributed by atoms with E-state index in [-0.39, 0.29) is 5.91 Å². The molecule has 5 nitrogen and oxygen atoms in total. The van der Waals surface area contributed by atoms with Gasteiger partial charge in [0.15, 0.2) is 5.01 Å². The minimum Gasteiger partial charge on any atom is -0.486 e. The van der Waals surface area contributed by atoms with Crippen LogP contribution >= 0.6 is 22.9 Å². The topological polar surface area (TPSA) is 64.1 Å². The third kappa shape index (κ3) is 4.10. The standard InChI is InChI=1S/C17H14ClN3O2S/c1-11-5-4-6-12(9-11)23-10-15-20-21-17(24-15)19-16(22)13-7-2-3-8-14(13)18/h2-9H,10H2,1H3,(H,19,21,22). The van der Waals surface area contributed by atoms with Gasteiger partial charge < -0.3 is 4.74 Å². The summed E-state index contributed by atoms with van der Waals surface area (Å²) in [7, 11) is 0. The highest BCUT2D eigenvalue weighted by Gasteiger charge is 2.13. The van der Waals surface area contributed by atoms with Crippen molar-refractivity contribution in [3.8, 4) is 5.75 Å². The minimum absolute atomic E-state index is 0.295. The van der Waals surface area contributed by atoms with Crippen molar-refractivity contribution in [3.63, 3.8) is 0 Å². The highest BCUT2D eigenvalue weighted by molar-refractivity contribution is 7.15. The molecule has 0 aliphatic heterocycles. The van der Waals surface area contributed by atoms with Gasteiger partial charge in [-0.15, -0.1) is 10.2 Å². The van der Waals surface area contributed by atoms with Crippen LogP contribution in [0.25, 0.3) is 0 Å². The Hall–Kier alpha value is -2.44. The van der Waals surface area contributed by atoms with E-state index in [0.29, 0.717) is 27.3 Å². The average Bonchev–Trinajstić information content (AvgIpc) is 3.01. The highest BCUT2D eigenvalue weighted by atomic mass is 35.5. The van der Waals surface area contributed by atoms with Gasteiger partial charge >= 0.3 is 0 Å². The number of nitrogens with one attached hydrogen (secondary N) is 1. The summed E-state index contributed by atoms with van der Waals surface area (Å²) in [5.41, 5.74) is 1.52. The summed E-state index contributed by atoms with van der Waals surface area (Å²) in [5.74, 6) is 0.453. The number of aromatic nitrogens is 2. The van der Waals surface area contributed by atoms with Crippen LogP contribution in [0, 0.1) is 6.92 Å². The van der Waals surface area contributed by atoms with Crippen LogP contribution in [-0.4, -0.2) is 16.1 Å². The molecule has 0 bridgehead atoms. The third-order valence-corrected chi connectivity index (χ3v) is 4.30. The molecule has 1 N–H and O–H groups in total. The lowest BCUT2D eigenvalue weighted by molar-refractivity contribution is 0.102. The van der Waals surface area contributed by atoms with Crippen LogP contribution in [-0.2, 0) is 6.61 Å². The van der Waals surface area contributed by atoms with Crippen molar-refractivity contribution in [1.82, 2.24) is 10.2 Å². The summed E-state index contributed by atoms with van der Waals surface area (Å²) >= 11 is 7.27. The predicted molar refractivity (Wildman–Crippen MR) is 94.8 cm³/mol. The van der Waals surface area contributed by atoms with E-state index < -0.39 is 0 Å². The molecule has 1 aromatic heterocycles. The molecule has 0 aliphatic rings. The molecule has 24 heavy (non-hydrogen) atoms. The number of carbonyl (C=O) groups excluding carboxylic acids is 1. The number of aryl methyl sites for hydroxylation is 1. The van der Waals surface area contributed by atoms with Crippen LogP contribution in [0.1, 0.15) is 20.9 Å². The monoisotopic (exact) mass is 359 g/mol. The second-order valence-corrected chi connectivity index (χ2v) is 6.51. The van der Waals surface area contributed by atoms with Gasteiger partial charge in [0.25, 0.3) is 5.91 Å². The molecule has 1 heterocycles. The van der Waals surface area contributed by atoms with E-state index >= 15 is 0 Å². The van der Waals surface area contributed by atoms with E-state index in [4.69, 9.17) is 16.3 Å². The van der Waals surface area contributed by atoms with Crippen LogP contribution in [0.5, 0.6) is 5.75 Å². The van der Waals surface area contributed by atoms with Gasteiger partial charge in [-0.3, -0.25) is 10.1 Å². The van der Waals surface area contributed by atoms with Gasteiger partial charge in [0.2, 0.25) is 5.13 Å². The van der Waals surface area contributed by atoms with E-state index in [0.717, 1.165) is 11.3 Å². The van der Waals surface area contributed by atoms with Crippen molar-refractivity contribution in [2.45, 2.75) is 13.5 Å². The Balaban J connectivity index is 1.61. The van der Waals surface area contributed by atoms with Gasteiger partial charge in [-0.25, -0.2) is 0 Å². The number of benzene rings is 2. The lowest BCUT2D eigenvalue weighted by Gasteiger charge is -2.04. The fraction of sp³-hybridized carbons (Fsp3) is 0.118. The van der Waals surface area contributed by atoms with E-state index in [1.165, 1.54) is 11.3 Å². The lowest BCUT2D eigenvalue weighted by Crippen LogP contribution is -2.12. The summed E-state index contributed by atoms with van der Waals surface area (Å²) < 4.78 is 5.67. The Morgan fingerprint density at radius 2 is 2.04 bits per heavy atom. The number of nitrogens with zero attached hydrogens (tertiary/aromatic N) is 2. The maximum absolute atomic E-state index is 12.2. The molecule has 3 rings (SSSR count). The molecule has 0 fully saturated rings. The van der Waals surface area contributed by atoms with Crippen LogP contribution in [0.3, 0.4) is 0 Å². The molecule has 122 valence electrons. The number of hydrogen-bond acceptors (Lipinski definition) is 5. The highest BCUT2D eigenvalue weighted by Crippen LogP contribution is 2.21. The van der Waals surface area contributed by atoms with Crippen molar-refractivity contribution < 1.29 is 9.53 Å². The maximum atomic E-state index is 12.2. The van der Waals surface area contributed by atoms with E-state index in [9.17, 15) is 4.79 Å². The Labute approximate surface area is 148 Å². The van der Waals surface area contributed by atoms with Gasteiger partial charge in [0, 0.05) is 0 Å². The third-order valence-electron chi connectivity index (χ3n) is 3.16. The number of ether oxygens (including phenoxy) is 1. The van der Waals surface area contributed by atoms with Gasteiger partial charge in [-0.2, -0.15) is 0 Å². The second-order valence-electron chi connectivity index (χ2n) is 5.04. The van der Waals surface area contributed by atoms with Crippen molar-refractivity contribution >= 4 is 34.0 Å². The second kappa shape index (κ2) is 7.42. The number of hydrogen-bond donors (Lipinski definition) is 1. The maximum Gasteiger partial charge on any atom is 0.259 e. The molecule has 0 radical (unpaired) electrons. The van der Waals surface area contributed by atoms with Gasteiger partial charge in [-0.1, -0.05) is 47.2 Å². The molecule has 0 atom stereocenters. The smallest absolute Gasteiger partial charge is 0.259 e. The molecule has 1 amide bonds. The van der Waals surface area contributed by atoms with Gasteiger partial charge in [-0.05, 0) is 36.8 Å². The lowest BCUT2D eigenvalue weighted by atomic mass is 10.2. The summed E-state index contributed by atoms with van der Waals surface area (Å²) in [6, 6.07) is 14.6. The fourth-order valence-electron chi connectivity index (χ4n) is 2.02. The first-order valence-electron chi connectivity index (χ1n) is 7.19. The predicted octanol–water partition coefficient (Wildman–Crippen LogP) is 4.33. The molecular weight excluding hydrogens is 346 g/mol.